The number of carbonyl (C=O) groups is 2. The molecule has 116 valence electrons. The molecular formula is C16H24N2O3. The van der Waals surface area contributed by atoms with Crippen LogP contribution in [-0.4, -0.2) is 43.0 Å². The molecule has 0 fully saturated rings. The van der Waals surface area contributed by atoms with Crippen LogP contribution in [0.25, 0.3) is 0 Å². The van der Waals surface area contributed by atoms with Gasteiger partial charge in [0.2, 0.25) is 5.91 Å². The van der Waals surface area contributed by atoms with E-state index in [1.54, 1.807) is 31.2 Å². The van der Waals surface area contributed by atoms with Crippen LogP contribution in [0.5, 0.6) is 0 Å². The lowest BCUT2D eigenvalue weighted by Gasteiger charge is -2.17. The summed E-state index contributed by atoms with van der Waals surface area (Å²) in [4.78, 5) is 25.3. The molecule has 0 heterocycles. The molecule has 1 rings (SSSR count). The molecule has 0 atom stereocenters. The Morgan fingerprint density at radius 2 is 1.71 bits per heavy atom. The molecule has 5 nitrogen and oxygen atoms in total. The lowest BCUT2D eigenvalue weighted by molar-refractivity contribution is -0.115. The van der Waals surface area contributed by atoms with Gasteiger partial charge in [-0.3, -0.25) is 4.79 Å². The summed E-state index contributed by atoms with van der Waals surface area (Å²) in [5.41, 5.74) is 1.17. The van der Waals surface area contributed by atoms with Crippen LogP contribution < -0.4 is 5.32 Å². The maximum absolute atomic E-state index is 11.9. The van der Waals surface area contributed by atoms with Gasteiger partial charge in [0.1, 0.15) is 6.61 Å². The fourth-order valence-electron chi connectivity index (χ4n) is 1.83. The molecule has 0 aromatic heterocycles. The van der Waals surface area contributed by atoms with Crippen molar-refractivity contribution in [1.82, 2.24) is 4.90 Å². The number of amides is 1. The number of benzene rings is 1. The van der Waals surface area contributed by atoms with Gasteiger partial charge in [0.15, 0.2) is 0 Å². The highest BCUT2D eigenvalue weighted by Crippen LogP contribution is 2.11. The van der Waals surface area contributed by atoms with Crippen LogP contribution in [0, 0.1) is 0 Å². The summed E-state index contributed by atoms with van der Waals surface area (Å²) in [7, 11) is 0. The summed E-state index contributed by atoms with van der Waals surface area (Å²) in [5.74, 6) is -0.389. The highest BCUT2D eigenvalue weighted by Gasteiger charge is 2.08. The Morgan fingerprint density at radius 1 is 1.10 bits per heavy atom. The van der Waals surface area contributed by atoms with E-state index in [-0.39, 0.29) is 11.9 Å². The maximum atomic E-state index is 11.9. The molecule has 0 bridgehead atoms. The van der Waals surface area contributed by atoms with E-state index in [2.05, 4.69) is 24.1 Å². The van der Waals surface area contributed by atoms with Gasteiger partial charge in [-0.15, -0.1) is 0 Å². The minimum Gasteiger partial charge on any atom is -0.461 e. The van der Waals surface area contributed by atoms with E-state index in [0.717, 1.165) is 19.6 Å². The zero-order valence-electron chi connectivity index (χ0n) is 13.0. The summed E-state index contributed by atoms with van der Waals surface area (Å²) >= 11 is 0. The number of ether oxygens (including phenoxy) is 1. The monoisotopic (exact) mass is 292 g/mol. The predicted octanol–water partition coefficient (Wildman–Crippen LogP) is 2.53. The first-order valence-electron chi connectivity index (χ1n) is 7.40. The topological polar surface area (TPSA) is 58.6 Å². The van der Waals surface area contributed by atoms with Gasteiger partial charge in [0.05, 0.1) is 5.56 Å². The third-order valence-electron chi connectivity index (χ3n) is 3.26. The number of likely N-dealkylation sites (N-methyl/N-ethyl adjacent to an activating group) is 1. The largest absolute Gasteiger partial charge is 0.461 e. The maximum Gasteiger partial charge on any atom is 0.338 e. The highest BCUT2D eigenvalue weighted by molar-refractivity contribution is 5.92. The normalized spacial score (nSPS) is 10.5. The Labute approximate surface area is 126 Å². The molecule has 0 aliphatic carbocycles. The average Bonchev–Trinajstić information content (AvgIpc) is 2.52. The molecule has 1 N–H and O–H groups in total. The minimum absolute atomic E-state index is 0.0513. The molecule has 0 aliphatic rings. The van der Waals surface area contributed by atoms with Gasteiger partial charge in [-0.05, 0) is 37.4 Å². The molecule has 0 aliphatic heterocycles. The van der Waals surface area contributed by atoms with Crippen molar-refractivity contribution in [3.8, 4) is 0 Å². The quantitative estimate of drug-likeness (QED) is 0.748. The first kappa shape index (κ1) is 17.2. The molecule has 0 saturated heterocycles. The van der Waals surface area contributed by atoms with Crippen LogP contribution >= 0.6 is 0 Å². The summed E-state index contributed by atoms with van der Waals surface area (Å²) in [6.45, 7) is 8.96. The predicted molar refractivity (Wildman–Crippen MR) is 83.4 cm³/mol. The second-order valence-corrected chi connectivity index (χ2v) is 4.64. The molecule has 0 radical (unpaired) electrons. The van der Waals surface area contributed by atoms with Crippen LogP contribution in [0.2, 0.25) is 0 Å². The third kappa shape index (κ3) is 5.95. The van der Waals surface area contributed by atoms with E-state index in [4.69, 9.17) is 4.74 Å². The number of anilines is 1. The van der Waals surface area contributed by atoms with Crippen molar-refractivity contribution in [2.75, 3.05) is 31.6 Å². The second-order valence-electron chi connectivity index (χ2n) is 4.64. The van der Waals surface area contributed by atoms with Crippen molar-refractivity contribution < 1.29 is 14.3 Å². The number of nitrogens with one attached hydrogen (secondary N) is 1. The molecule has 21 heavy (non-hydrogen) atoms. The smallest absolute Gasteiger partial charge is 0.338 e. The number of rotatable bonds is 8. The van der Waals surface area contributed by atoms with E-state index >= 15 is 0 Å². The number of esters is 1. The number of hydrogen-bond acceptors (Lipinski definition) is 4. The number of carbonyl (C=O) groups excluding carboxylic acids is 2. The van der Waals surface area contributed by atoms with E-state index < -0.39 is 0 Å². The first-order valence-corrected chi connectivity index (χ1v) is 7.40. The molecule has 5 heteroatoms. The van der Waals surface area contributed by atoms with Crippen LogP contribution in [0.1, 0.15) is 37.6 Å². The van der Waals surface area contributed by atoms with E-state index in [0.29, 0.717) is 24.3 Å². The Balaban J connectivity index is 2.46. The Bertz CT molecular complexity index is 453. The van der Waals surface area contributed by atoms with Gasteiger partial charge in [-0.25, -0.2) is 4.79 Å². The Morgan fingerprint density at radius 3 is 2.24 bits per heavy atom. The van der Waals surface area contributed by atoms with Crippen LogP contribution in [0.15, 0.2) is 24.3 Å². The molecular weight excluding hydrogens is 268 g/mol. The van der Waals surface area contributed by atoms with Crippen molar-refractivity contribution in [3.05, 3.63) is 29.8 Å². The highest BCUT2D eigenvalue weighted by atomic mass is 16.5. The lowest BCUT2D eigenvalue weighted by Crippen LogP contribution is -2.27. The third-order valence-corrected chi connectivity index (χ3v) is 3.26. The van der Waals surface area contributed by atoms with E-state index in [1.165, 1.54) is 0 Å². The fourth-order valence-corrected chi connectivity index (χ4v) is 1.83. The zero-order valence-corrected chi connectivity index (χ0v) is 13.0. The molecule has 0 saturated carbocycles. The molecule has 1 amide bonds. The average molecular weight is 292 g/mol. The number of hydrogen-bond donors (Lipinski definition) is 1. The summed E-state index contributed by atoms with van der Waals surface area (Å²) in [6.07, 6.45) is 0.426. The van der Waals surface area contributed by atoms with Gasteiger partial charge >= 0.3 is 5.97 Å². The lowest BCUT2D eigenvalue weighted by atomic mass is 10.2. The minimum atomic E-state index is -0.337. The second kappa shape index (κ2) is 9.13. The Hall–Kier alpha value is -1.88. The van der Waals surface area contributed by atoms with Gasteiger partial charge in [0, 0.05) is 18.7 Å². The van der Waals surface area contributed by atoms with Crippen LogP contribution in [0.3, 0.4) is 0 Å². The summed E-state index contributed by atoms with van der Waals surface area (Å²) < 4.78 is 5.24. The SMILES string of the molecule is CCC(=O)Nc1ccc(C(=O)OCCN(CC)CC)cc1. The van der Waals surface area contributed by atoms with Crippen LogP contribution in [-0.2, 0) is 9.53 Å². The standard InChI is InChI=1S/C16H24N2O3/c1-4-15(19)17-14-9-7-13(8-10-14)16(20)21-12-11-18(5-2)6-3/h7-10H,4-6,11-12H2,1-3H3,(H,17,19). The fraction of sp³-hybridized carbons (Fsp3) is 0.500. The molecule has 0 unspecified atom stereocenters. The summed E-state index contributed by atoms with van der Waals surface area (Å²) in [5, 5.41) is 2.73. The first-order chi connectivity index (χ1) is 10.1. The van der Waals surface area contributed by atoms with Crippen molar-refractivity contribution in [1.29, 1.82) is 0 Å². The van der Waals surface area contributed by atoms with E-state index in [9.17, 15) is 9.59 Å². The summed E-state index contributed by atoms with van der Waals surface area (Å²) in [6, 6.07) is 6.72. The van der Waals surface area contributed by atoms with Crippen molar-refractivity contribution in [3.63, 3.8) is 0 Å². The van der Waals surface area contributed by atoms with Crippen molar-refractivity contribution in [2.45, 2.75) is 27.2 Å². The van der Waals surface area contributed by atoms with Crippen molar-refractivity contribution in [2.24, 2.45) is 0 Å². The molecule has 1 aromatic carbocycles. The van der Waals surface area contributed by atoms with E-state index in [1.807, 2.05) is 0 Å². The van der Waals surface area contributed by atoms with Gasteiger partial charge in [0.25, 0.3) is 0 Å². The van der Waals surface area contributed by atoms with Gasteiger partial charge in [-0.2, -0.15) is 0 Å². The van der Waals surface area contributed by atoms with Gasteiger partial charge in [-0.1, -0.05) is 20.8 Å². The Kier molecular flexibility index (Phi) is 7.46. The van der Waals surface area contributed by atoms with Gasteiger partial charge < -0.3 is 15.0 Å². The zero-order chi connectivity index (χ0) is 15.7. The molecule has 1 aromatic rings. The van der Waals surface area contributed by atoms with Crippen LogP contribution in [0.4, 0.5) is 5.69 Å². The van der Waals surface area contributed by atoms with Crippen molar-refractivity contribution >= 4 is 17.6 Å². The molecule has 0 spiro atoms. The number of nitrogens with zero attached hydrogens (tertiary/aromatic N) is 1.